The monoisotopic (exact) mass is 474 g/mol. The number of fused-ring (bicyclic) bond motifs is 1. The predicted octanol–water partition coefficient (Wildman–Crippen LogP) is 3.84. The predicted molar refractivity (Wildman–Crippen MR) is 133 cm³/mol. The number of benzene rings is 2. The second kappa shape index (κ2) is 9.63. The number of hydrogen-bond donors (Lipinski definition) is 2. The van der Waals surface area contributed by atoms with Crippen molar-refractivity contribution >= 4 is 47.3 Å². The summed E-state index contributed by atoms with van der Waals surface area (Å²) in [6.07, 6.45) is 2.76. The van der Waals surface area contributed by atoms with Gasteiger partial charge in [0.1, 0.15) is 5.82 Å². The molecule has 1 amide bonds. The molecule has 5 rings (SSSR count). The van der Waals surface area contributed by atoms with Gasteiger partial charge < -0.3 is 20.7 Å². The number of halogens is 2. The second-order valence-electron chi connectivity index (χ2n) is 8.32. The molecule has 2 fully saturated rings. The topological polar surface area (TPSA) is 80.5 Å². The maximum atomic E-state index is 13.5. The highest BCUT2D eigenvalue weighted by molar-refractivity contribution is 6.10. The van der Waals surface area contributed by atoms with E-state index in [0.29, 0.717) is 25.5 Å². The van der Waals surface area contributed by atoms with Crippen LogP contribution < -0.4 is 11.1 Å². The Kier molecular flexibility index (Phi) is 7.30. The number of aryl methyl sites for hydroxylation is 1. The SMILES string of the molecule is Cc1cc(N)ncc1-c1cccc2c(C(=O)N3CCOC4(CCNC4)C3)cccc12.Cl.Cl. The van der Waals surface area contributed by atoms with E-state index in [2.05, 4.69) is 22.4 Å². The first-order chi connectivity index (χ1) is 14.6. The van der Waals surface area contributed by atoms with Crippen LogP contribution in [0.1, 0.15) is 22.3 Å². The summed E-state index contributed by atoms with van der Waals surface area (Å²) in [6, 6.07) is 13.9. The average molecular weight is 475 g/mol. The lowest BCUT2D eigenvalue weighted by molar-refractivity contribution is -0.0866. The number of amides is 1. The highest BCUT2D eigenvalue weighted by atomic mass is 35.5. The van der Waals surface area contributed by atoms with Crippen LogP contribution >= 0.6 is 24.8 Å². The van der Waals surface area contributed by atoms with E-state index in [4.69, 9.17) is 10.5 Å². The summed E-state index contributed by atoms with van der Waals surface area (Å²) in [6.45, 7) is 5.62. The van der Waals surface area contributed by atoms with Crippen molar-refractivity contribution in [2.45, 2.75) is 18.9 Å². The van der Waals surface area contributed by atoms with Gasteiger partial charge in [-0.1, -0.05) is 30.3 Å². The summed E-state index contributed by atoms with van der Waals surface area (Å²) >= 11 is 0. The van der Waals surface area contributed by atoms with E-state index in [1.165, 1.54) is 0 Å². The summed E-state index contributed by atoms with van der Waals surface area (Å²) < 4.78 is 6.06. The van der Waals surface area contributed by atoms with E-state index in [1.54, 1.807) is 0 Å². The molecule has 2 aliphatic heterocycles. The summed E-state index contributed by atoms with van der Waals surface area (Å²) in [5.41, 5.74) is 9.49. The smallest absolute Gasteiger partial charge is 0.254 e. The van der Waals surface area contributed by atoms with Crippen LogP contribution in [0, 0.1) is 6.92 Å². The zero-order chi connectivity index (χ0) is 20.7. The van der Waals surface area contributed by atoms with Crippen molar-refractivity contribution < 1.29 is 9.53 Å². The third kappa shape index (κ3) is 4.28. The molecule has 0 aliphatic carbocycles. The van der Waals surface area contributed by atoms with E-state index in [-0.39, 0.29) is 36.3 Å². The lowest BCUT2D eigenvalue weighted by Crippen LogP contribution is -2.54. The lowest BCUT2D eigenvalue weighted by Gasteiger charge is -2.40. The van der Waals surface area contributed by atoms with Gasteiger partial charge in [0.15, 0.2) is 0 Å². The molecule has 2 aliphatic rings. The van der Waals surface area contributed by atoms with E-state index in [1.807, 2.05) is 48.4 Å². The fraction of sp³-hybridized carbons (Fsp3) is 0.333. The number of nitrogens with two attached hydrogens (primary N) is 1. The molecular formula is C24H28Cl2N4O2. The van der Waals surface area contributed by atoms with Crippen LogP contribution in [0.15, 0.2) is 48.7 Å². The molecule has 2 saturated heterocycles. The molecule has 3 N–H and O–H groups in total. The molecule has 0 bridgehead atoms. The highest BCUT2D eigenvalue weighted by Crippen LogP contribution is 2.33. The first-order valence-electron chi connectivity index (χ1n) is 10.4. The molecule has 1 spiro atoms. The molecule has 0 saturated carbocycles. The molecule has 8 heteroatoms. The largest absolute Gasteiger partial charge is 0.384 e. The zero-order valence-corrected chi connectivity index (χ0v) is 19.6. The first-order valence-corrected chi connectivity index (χ1v) is 10.4. The van der Waals surface area contributed by atoms with Crippen molar-refractivity contribution in [3.8, 4) is 11.1 Å². The van der Waals surface area contributed by atoms with Crippen LogP contribution in [0.4, 0.5) is 5.82 Å². The summed E-state index contributed by atoms with van der Waals surface area (Å²) in [5.74, 6) is 0.578. The molecule has 1 unspecified atom stereocenters. The van der Waals surface area contributed by atoms with E-state index in [9.17, 15) is 4.79 Å². The maximum Gasteiger partial charge on any atom is 0.254 e. The van der Waals surface area contributed by atoms with E-state index in [0.717, 1.165) is 52.5 Å². The van der Waals surface area contributed by atoms with Gasteiger partial charge in [0.2, 0.25) is 0 Å². The minimum absolute atomic E-state index is 0. The summed E-state index contributed by atoms with van der Waals surface area (Å²) in [7, 11) is 0. The lowest BCUT2D eigenvalue weighted by atomic mass is 9.93. The van der Waals surface area contributed by atoms with Gasteiger partial charge in [-0.25, -0.2) is 4.98 Å². The van der Waals surface area contributed by atoms with Gasteiger partial charge in [-0.05, 0) is 53.9 Å². The minimum atomic E-state index is -0.240. The number of nitrogen functional groups attached to an aromatic ring is 1. The quantitative estimate of drug-likeness (QED) is 0.589. The summed E-state index contributed by atoms with van der Waals surface area (Å²) in [4.78, 5) is 19.8. The van der Waals surface area contributed by atoms with Crippen molar-refractivity contribution in [2.24, 2.45) is 0 Å². The fourth-order valence-electron chi connectivity index (χ4n) is 4.76. The highest BCUT2D eigenvalue weighted by Gasteiger charge is 2.41. The van der Waals surface area contributed by atoms with Crippen LogP contribution in [0.2, 0.25) is 0 Å². The van der Waals surface area contributed by atoms with Crippen molar-refractivity contribution in [3.63, 3.8) is 0 Å². The van der Waals surface area contributed by atoms with Crippen molar-refractivity contribution in [2.75, 3.05) is 38.5 Å². The van der Waals surface area contributed by atoms with Gasteiger partial charge in [0, 0.05) is 30.4 Å². The van der Waals surface area contributed by atoms with Crippen LogP contribution in [0.25, 0.3) is 21.9 Å². The Morgan fingerprint density at radius 3 is 2.69 bits per heavy atom. The Balaban J connectivity index is 0.00000144. The minimum Gasteiger partial charge on any atom is -0.384 e. The average Bonchev–Trinajstić information content (AvgIpc) is 3.20. The number of aromatic nitrogens is 1. The Morgan fingerprint density at radius 1 is 1.16 bits per heavy atom. The van der Waals surface area contributed by atoms with Crippen LogP contribution in [-0.2, 0) is 4.74 Å². The van der Waals surface area contributed by atoms with Gasteiger partial charge in [0.05, 0.1) is 18.8 Å². The third-order valence-electron chi connectivity index (χ3n) is 6.31. The molecule has 1 aromatic heterocycles. The number of rotatable bonds is 2. The van der Waals surface area contributed by atoms with Crippen molar-refractivity contribution in [3.05, 3.63) is 59.8 Å². The number of pyridine rings is 1. The molecule has 0 radical (unpaired) electrons. The maximum absolute atomic E-state index is 13.5. The van der Waals surface area contributed by atoms with Gasteiger partial charge in [0.25, 0.3) is 5.91 Å². The Hall–Kier alpha value is -2.38. The number of nitrogens with one attached hydrogen (secondary N) is 1. The molecule has 3 heterocycles. The zero-order valence-electron chi connectivity index (χ0n) is 18.0. The number of hydrogen-bond acceptors (Lipinski definition) is 5. The number of morpholine rings is 1. The van der Waals surface area contributed by atoms with Crippen LogP contribution in [-0.4, -0.2) is 54.2 Å². The fourth-order valence-corrected chi connectivity index (χ4v) is 4.76. The first kappa shape index (κ1) is 24.3. The Labute approximate surface area is 200 Å². The molecule has 32 heavy (non-hydrogen) atoms. The molecule has 6 nitrogen and oxygen atoms in total. The van der Waals surface area contributed by atoms with Gasteiger partial charge in [-0.2, -0.15) is 0 Å². The van der Waals surface area contributed by atoms with E-state index >= 15 is 0 Å². The van der Waals surface area contributed by atoms with Crippen LogP contribution in [0.3, 0.4) is 0 Å². The Bertz CT molecular complexity index is 1130. The number of carbonyl (C=O) groups excluding carboxylic acids is 1. The van der Waals surface area contributed by atoms with Gasteiger partial charge in [-0.15, -0.1) is 24.8 Å². The molecule has 1 atom stereocenters. The summed E-state index contributed by atoms with van der Waals surface area (Å²) in [5, 5.41) is 5.37. The molecule has 2 aromatic carbocycles. The standard InChI is InChI=1S/C24H26N4O2.2ClH/c1-16-12-22(25)27-13-21(16)19-6-2-5-18-17(19)4-3-7-20(18)23(29)28-10-11-30-24(15-28)8-9-26-14-24;;/h2-7,12-13,26H,8-11,14-15H2,1H3,(H2,25,27);2*1H. The normalized spacial score (nSPS) is 20.1. The number of carbonyl (C=O) groups is 1. The van der Waals surface area contributed by atoms with Crippen molar-refractivity contribution in [1.29, 1.82) is 0 Å². The van der Waals surface area contributed by atoms with E-state index < -0.39 is 0 Å². The second-order valence-corrected chi connectivity index (χ2v) is 8.32. The van der Waals surface area contributed by atoms with Gasteiger partial charge in [-0.3, -0.25) is 4.79 Å². The van der Waals surface area contributed by atoms with Crippen LogP contribution in [0.5, 0.6) is 0 Å². The van der Waals surface area contributed by atoms with Crippen molar-refractivity contribution in [1.82, 2.24) is 15.2 Å². The third-order valence-corrected chi connectivity index (χ3v) is 6.31. The molecular weight excluding hydrogens is 447 g/mol. The number of ether oxygens (including phenoxy) is 1. The molecule has 3 aromatic rings. The molecule has 170 valence electrons. The number of anilines is 1. The number of nitrogens with zero attached hydrogens (tertiary/aromatic N) is 2. The van der Waals surface area contributed by atoms with Gasteiger partial charge >= 0.3 is 0 Å². The Morgan fingerprint density at radius 2 is 1.94 bits per heavy atom.